The van der Waals surface area contributed by atoms with Crippen molar-refractivity contribution in [1.82, 2.24) is 15.1 Å². The highest BCUT2D eigenvalue weighted by molar-refractivity contribution is 5.93. The molecule has 0 atom stereocenters. The highest BCUT2D eigenvalue weighted by Gasteiger charge is 2.23. The maximum Gasteiger partial charge on any atom is 0.251 e. The molecule has 7 heteroatoms. The normalized spacial score (nSPS) is 14.2. The van der Waals surface area contributed by atoms with E-state index in [4.69, 9.17) is 0 Å². The summed E-state index contributed by atoms with van der Waals surface area (Å²) in [5.74, 6) is -0.272. The van der Waals surface area contributed by atoms with Gasteiger partial charge < -0.3 is 15.1 Å². The summed E-state index contributed by atoms with van der Waals surface area (Å²) in [5.41, 5.74) is 2.25. The molecule has 0 aliphatic carbocycles. The van der Waals surface area contributed by atoms with Gasteiger partial charge in [-0.2, -0.15) is 0 Å². The average Bonchev–Trinajstić information content (AvgIpc) is 2.74. The monoisotopic (exact) mass is 398 g/mol. The minimum atomic E-state index is -0.227. The predicted molar refractivity (Wildman–Crippen MR) is 111 cm³/mol. The summed E-state index contributed by atoms with van der Waals surface area (Å²) < 4.78 is 13.9. The zero-order chi connectivity index (χ0) is 20.8. The van der Waals surface area contributed by atoms with Gasteiger partial charge in [-0.05, 0) is 36.9 Å². The summed E-state index contributed by atoms with van der Waals surface area (Å²) in [6, 6.07) is 14.1. The number of benzene rings is 2. The molecule has 1 heterocycles. The van der Waals surface area contributed by atoms with E-state index in [9.17, 15) is 14.0 Å². The van der Waals surface area contributed by atoms with Crippen molar-refractivity contribution in [1.29, 1.82) is 0 Å². The van der Waals surface area contributed by atoms with Crippen molar-refractivity contribution in [3.05, 3.63) is 65.5 Å². The van der Waals surface area contributed by atoms with Crippen LogP contribution in [0.25, 0.3) is 0 Å². The minimum Gasteiger partial charge on any atom is -0.366 e. The van der Waals surface area contributed by atoms with Crippen molar-refractivity contribution in [2.75, 3.05) is 51.7 Å². The Kier molecular flexibility index (Phi) is 6.82. The Morgan fingerprint density at radius 2 is 1.69 bits per heavy atom. The second kappa shape index (κ2) is 9.52. The van der Waals surface area contributed by atoms with Crippen molar-refractivity contribution in [3.63, 3.8) is 0 Å². The molecule has 0 saturated carbocycles. The Morgan fingerprint density at radius 1 is 1.03 bits per heavy atom. The first kappa shape index (κ1) is 20.8. The third kappa shape index (κ3) is 5.32. The molecule has 0 radical (unpaired) electrons. The van der Waals surface area contributed by atoms with Crippen molar-refractivity contribution in [3.8, 4) is 0 Å². The van der Waals surface area contributed by atoms with Crippen LogP contribution < -0.4 is 10.2 Å². The van der Waals surface area contributed by atoms with Gasteiger partial charge in [0.15, 0.2) is 0 Å². The van der Waals surface area contributed by atoms with Crippen LogP contribution in [0.5, 0.6) is 0 Å². The van der Waals surface area contributed by atoms with Gasteiger partial charge in [-0.1, -0.05) is 24.3 Å². The molecule has 6 nitrogen and oxygen atoms in total. The molecule has 3 rings (SSSR count). The molecule has 1 fully saturated rings. The van der Waals surface area contributed by atoms with Crippen molar-refractivity contribution in [2.24, 2.45) is 0 Å². The van der Waals surface area contributed by atoms with Gasteiger partial charge in [-0.3, -0.25) is 14.5 Å². The fourth-order valence-corrected chi connectivity index (χ4v) is 3.51. The fourth-order valence-electron chi connectivity index (χ4n) is 3.51. The second-order valence-corrected chi connectivity index (χ2v) is 7.27. The Balaban J connectivity index is 1.48. The number of anilines is 1. The molecule has 0 unspecified atom stereocenters. The van der Waals surface area contributed by atoms with E-state index >= 15 is 0 Å². The number of rotatable bonds is 6. The maximum atomic E-state index is 13.9. The van der Waals surface area contributed by atoms with Crippen molar-refractivity contribution >= 4 is 17.5 Å². The SMILES string of the molecule is CNC(=O)c1ccc(CN(C)CC(=O)N2CCN(c3ccccc3F)CC2)cc1. The number of amides is 2. The number of nitrogens with one attached hydrogen (secondary N) is 1. The Hall–Kier alpha value is -2.93. The van der Waals surface area contributed by atoms with Crippen LogP contribution in [0.1, 0.15) is 15.9 Å². The lowest BCUT2D eigenvalue weighted by molar-refractivity contribution is -0.132. The average molecular weight is 398 g/mol. The maximum absolute atomic E-state index is 13.9. The van der Waals surface area contributed by atoms with Gasteiger partial charge in [0.1, 0.15) is 5.82 Å². The second-order valence-electron chi connectivity index (χ2n) is 7.27. The van der Waals surface area contributed by atoms with Crippen LogP contribution in [0.15, 0.2) is 48.5 Å². The molecule has 1 saturated heterocycles. The first-order chi connectivity index (χ1) is 14.0. The molecule has 1 aliphatic rings. The zero-order valence-corrected chi connectivity index (χ0v) is 16.9. The number of nitrogens with zero attached hydrogens (tertiary/aromatic N) is 3. The first-order valence-electron chi connectivity index (χ1n) is 9.74. The number of para-hydroxylation sites is 1. The summed E-state index contributed by atoms with van der Waals surface area (Å²) in [4.78, 5) is 30.0. The van der Waals surface area contributed by atoms with E-state index in [0.717, 1.165) is 5.56 Å². The minimum absolute atomic E-state index is 0.0719. The molecule has 0 bridgehead atoms. The predicted octanol–water partition coefficient (Wildman–Crippen LogP) is 1.97. The number of piperazine rings is 1. The lowest BCUT2D eigenvalue weighted by Crippen LogP contribution is -2.51. The zero-order valence-electron chi connectivity index (χ0n) is 16.9. The molecule has 0 spiro atoms. The van der Waals surface area contributed by atoms with Crippen molar-refractivity contribution in [2.45, 2.75) is 6.54 Å². The summed E-state index contributed by atoms with van der Waals surface area (Å²) in [7, 11) is 3.51. The molecule has 1 N–H and O–H groups in total. The first-order valence-corrected chi connectivity index (χ1v) is 9.74. The van der Waals surface area contributed by atoms with Crippen LogP contribution >= 0.6 is 0 Å². The van der Waals surface area contributed by atoms with E-state index in [0.29, 0.717) is 50.5 Å². The number of carbonyl (C=O) groups is 2. The molecule has 29 heavy (non-hydrogen) atoms. The highest BCUT2D eigenvalue weighted by atomic mass is 19.1. The Bertz CT molecular complexity index is 848. The lowest BCUT2D eigenvalue weighted by Gasteiger charge is -2.36. The van der Waals surface area contributed by atoms with Gasteiger partial charge in [0.25, 0.3) is 5.91 Å². The number of halogens is 1. The largest absolute Gasteiger partial charge is 0.366 e. The molecule has 1 aliphatic heterocycles. The Labute approximate surface area is 170 Å². The van der Waals surface area contributed by atoms with E-state index in [1.165, 1.54) is 6.07 Å². The molecular formula is C22H27FN4O2. The lowest BCUT2D eigenvalue weighted by atomic mass is 10.1. The van der Waals surface area contributed by atoms with Gasteiger partial charge in [0, 0.05) is 45.3 Å². The van der Waals surface area contributed by atoms with E-state index in [-0.39, 0.29) is 17.6 Å². The number of likely N-dealkylation sites (N-methyl/N-ethyl adjacent to an activating group) is 1. The summed E-state index contributed by atoms with van der Waals surface area (Å²) in [6.45, 7) is 3.35. The smallest absolute Gasteiger partial charge is 0.251 e. The highest BCUT2D eigenvalue weighted by Crippen LogP contribution is 2.20. The summed E-state index contributed by atoms with van der Waals surface area (Å²) in [6.07, 6.45) is 0. The van der Waals surface area contributed by atoms with Gasteiger partial charge in [0.05, 0.1) is 12.2 Å². The standard InChI is InChI=1S/C22H27FN4O2/c1-24-22(29)18-9-7-17(8-10-18)15-25(2)16-21(28)27-13-11-26(12-14-27)20-6-4-3-5-19(20)23/h3-10H,11-16H2,1-2H3,(H,24,29). The molecular weight excluding hydrogens is 371 g/mol. The number of hydrogen-bond acceptors (Lipinski definition) is 4. The summed E-state index contributed by atoms with van der Waals surface area (Å²) in [5, 5.41) is 2.60. The molecule has 0 aromatic heterocycles. The van der Waals surface area contributed by atoms with Gasteiger partial charge >= 0.3 is 0 Å². The van der Waals surface area contributed by atoms with Crippen LogP contribution in [-0.2, 0) is 11.3 Å². The van der Waals surface area contributed by atoms with Gasteiger partial charge in [0.2, 0.25) is 5.91 Å². The third-order valence-corrected chi connectivity index (χ3v) is 5.13. The van der Waals surface area contributed by atoms with E-state index in [1.807, 2.05) is 39.9 Å². The topological polar surface area (TPSA) is 55.9 Å². The molecule has 2 aromatic rings. The quantitative estimate of drug-likeness (QED) is 0.808. The number of hydrogen-bond donors (Lipinski definition) is 1. The van der Waals surface area contributed by atoms with Crippen LogP contribution in [0.3, 0.4) is 0 Å². The van der Waals surface area contributed by atoms with E-state index in [1.54, 1.807) is 31.3 Å². The van der Waals surface area contributed by atoms with Gasteiger partial charge in [-0.15, -0.1) is 0 Å². The number of carbonyl (C=O) groups excluding carboxylic acids is 2. The van der Waals surface area contributed by atoms with Gasteiger partial charge in [-0.25, -0.2) is 4.39 Å². The summed E-state index contributed by atoms with van der Waals surface area (Å²) >= 11 is 0. The van der Waals surface area contributed by atoms with Crippen LogP contribution in [0.4, 0.5) is 10.1 Å². The van der Waals surface area contributed by atoms with Crippen LogP contribution in [0.2, 0.25) is 0 Å². The van der Waals surface area contributed by atoms with E-state index in [2.05, 4.69) is 5.32 Å². The third-order valence-electron chi connectivity index (χ3n) is 5.13. The Morgan fingerprint density at radius 3 is 2.31 bits per heavy atom. The molecule has 2 aromatic carbocycles. The van der Waals surface area contributed by atoms with E-state index < -0.39 is 0 Å². The van der Waals surface area contributed by atoms with Crippen LogP contribution in [0, 0.1) is 5.82 Å². The molecule has 2 amide bonds. The fraction of sp³-hybridized carbons (Fsp3) is 0.364. The van der Waals surface area contributed by atoms with Crippen LogP contribution in [-0.4, -0.2) is 68.4 Å². The van der Waals surface area contributed by atoms with Crippen molar-refractivity contribution < 1.29 is 14.0 Å². The molecule has 154 valence electrons.